The third-order valence-corrected chi connectivity index (χ3v) is 3.63. The second kappa shape index (κ2) is 10.0. The molecule has 0 saturated carbocycles. The van der Waals surface area contributed by atoms with E-state index in [1.165, 1.54) is 63.2 Å². The average molecular weight is 416 g/mol. The van der Waals surface area contributed by atoms with Crippen LogP contribution < -0.4 is 26.2 Å². The molecule has 1 unspecified atom stereocenters. The molecule has 0 aromatic heterocycles. The molecule has 0 bridgehead atoms. The van der Waals surface area contributed by atoms with Crippen LogP contribution in [0.5, 0.6) is 5.75 Å². The van der Waals surface area contributed by atoms with Crippen LogP contribution in [0.15, 0.2) is 42.5 Å². The van der Waals surface area contributed by atoms with Crippen molar-refractivity contribution in [1.82, 2.24) is 10.9 Å². The topological polar surface area (TPSA) is 126 Å². The van der Waals surface area contributed by atoms with Gasteiger partial charge in [-0.25, -0.2) is 4.39 Å². The number of carbonyl (C=O) groups is 4. The van der Waals surface area contributed by atoms with E-state index in [0.29, 0.717) is 11.4 Å². The summed E-state index contributed by atoms with van der Waals surface area (Å²) in [4.78, 5) is 47.1. The Labute approximate surface area is 172 Å². The summed E-state index contributed by atoms with van der Waals surface area (Å²) < 4.78 is 18.3. The Morgan fingerprint density at radius 3 is 1.90 bits per heavy atom. The summed E-state index contributed by atoms with van der Waals surface area (Å²) in [5, 5.41) is 5.05. The van der Waals surface area contributed by atoms with Crippen LogP contribution in [0.3, 0.4) is 0 Å². The Balaban J connectivity index is 2.03. The summed E-state index contributed by atoms with van der Waals surface area (Å²) >= 11 is 0. The molecule has 2 rings (SSSR count). The number of amides is 4. The molecule has 0 fully saturated rings. The van der Waals surface area contributed by atoms with Crippen molar-refractivity contribution in [2.24, 2.45) is 0 Å². The zero-order valence-electron chi connectivity index (χ0n) is 16.5. The summed E-state index contributed by atoms with van der Waals surface area (Å²) in [6, 6.07) is 9.37. The first kappa shape index (κ1) is 22.3. The van der Waals surface area contributed by atoms with Crippen molar-refractivity contribution in [2.45, 2.75) is 26.9 Å². The van der Waals surface area contributed by atoms with E-state index in [-0.39, 0.29) is 23.1 Å². The molecule has 9 nitrogen and oxygen atoms in total. The monoisotopic (exact) mass is 416 g/mol. The first-order valence-electron chi connectivity index (χ1n) is 8.86. The summed E-state index contributed by atoms with van der Waals surface area (Å²) in [7, 11) is 0. The van der Waals surface area contributed by atoms with Crippen molar-refractivity contribution in [1.29, 1.82) is 0 Å². The number of benzene rings is 2. The number of rotatable bonds is 6. The highest BCUT2D eigenvalue weighted by atomic mass is 19.1. The third-order valence-electron chi connectivity index (χ3n) is 3.63. The number of ether oxygens (including phenoxy) is 1. The van der Waals surface area contributed by atoms with Gasteiger partial charge in [0.2, 0.25) is 11.8 Å². The molecule has 10 heteroatoms. The Bertz CT molecular complexity index is 928. The van der Waals surface area contributed by atoms with Gasteiger partial charge >= 0.3 is 0 Å². The van der Waals surface area contributed by atoms with Crippen LogP contribution in [0.1, 0.15) is 31.1 Å². The number of carbonyl (C=O) groups excluding carboxylic acids is 4. The lowest BCUT2D eigenvalue weighted by Crippen LogP contribution is -2.47. The average Bonchev–Trinajstić information content (AvgIpc) is 2.66. The van der Waals surface area contributed by atoms with Crippen LogP contribution in [0.25, 0.3) is 0 Å². The molecule has 0 aliphatic rings. The fourth-order valence-corrected chi connectivity index (χ4v) is 2.37. The summed E-state index contributed by atoms with van der Waals surface area (Å²) in [6.45, 7) is 4.05. The van der Waals surface area contributed by atoms with Crippen molar-refractivity contribution in [3.05, 3.63) is 53.8 Å². The second-order valence-corrected chi connectivity index (χ2v) is 6.32. The standard InChI is InChI=1S/C20H21FN4O5/c1-11(30-18-6-4-15(21)5-7-18)19(28)24-25-20(29)14-8-16(22-12(2)26)10-17(9-14)23-13(3)27/h4-11H,1-3H3,(H,22,26)(H,23,27)(H,24,28)(H,25,29). The summed E-state index contributed by atoms with van der Waals surface area (Å²) in [5.74, 6) is -2.20. The number of hydrogen-bond donors (Lipinski definition) is 4. The third kappa shape index (κ3) is 6.89. The van der Waals surface area contributed by atoms with Crippen LogP contribution >= 0.6 is 0 Å². The van der Waals surface area contributed by atoms with Gasteiger partial charge < -0.3 is 15.4 Å². The molecule has 0 heterocycles. The minimum atomic E-state index is -0.976. The Morgan fingerprint density at radius 1 is 0.867 bits per heavy atom. The van der Waals surface area contributed by atoms with Crippen molar-refractivity contribution >= 4 is 35.0 Å². The molecule has 0 aliphatic carbocycles. The van der Waals surface area contributed by atoms with Gasteiger partial charge in [-0.05, 0) is 49.4 Å². The maximum absolute atomic E-state index is 12.9. The molecule has 0 spiro atoms. The fourth-order valence-electron chi connectivity index (χ4n) is 2.37. The van der Waals surface area contributed by atoms with Crippen LogP contribution in [0, 0.1) is 5.82 Å². The van der Waals surface area contributed by atoms with E-state index >= 15 is 0 Å². The molecular formula is C20H21FN4O5. The minimum Gasteiger partial charge on any atom is -0.481 e. The molecule has 158 valence electrons. The van der Waals surface area contributed by atoms with Gasteiger partial charge in [-0.2, -0.15) is 0 Å². The number of nitrogens with one attached hydrogen (secondary N) is 4. The lowest BCUT2D eigenvalue weighted by Gasteiger charge is -2.15. The van der Waals surface area contributed by atoms with Gasteiger partial charge in [0.05, 0.1) is 0 Å². The van der Waals surface area contributed by atoms with E-state index in [4.69, 9.17) is 4.74 Å². The van der Waals surface area contributed by atoms with Crippen LogP contribution in [-0.4, -0.2) is 29.7 Å². The van der Waals surface area contributed by atoms with E-state index in [2.05, 4.69) is 21.5 Å². The summed E-state index contributed by atoms with van der Waals surface area (Å²) in [6.07, 6.45) is -0.976. The molecule has 4 N–H and O–H groups in total. The normalized spacial score (nSPS) is 11.1. The molecular weight excluding hydrogens is 395 g/mol. The first-order valence-corrected chi connectivity index (χ1v) is 8.86. The molecule has 4 amide bonds. The van der Waals surface area contributed by atoms with E-state index in [9.17, 15) is 23.6 Å². The van der Waals surface area contributed by atoms with Crippen molar-refractivity contribution < 1.29 is 28.3 Å². The number of anilines is 2. The van der Waals surface area contributed by atoms with Gasteiger partial charge in [0.25, 0.3) is 11.8 Å². The van der Waals surface area contributed by atoms with E-state index in [1.807, 2.05) is 0 Å². The van der Waals surface area contributed by atoms with Crippen molar-refractivity contribution in [3.8, 4) is 5.75 Å². The fraction of sp³-hybridized carbons (Fsp3) is 0.200. The maximum atomic E-state index is 12.9. The predicted octanol–water partition coefficient (Wildman–Crippen LogP) is 1.97. The zero-order valence-corrected chi connectivity index (χ0v) is 16.5. The highest BCUT2D eigenvalue weighted by Crippen LogP contribution is 2.19. The minimum absolute atomic E-state index is 0.0809. The Kier molecular flexibility index (Phi) is 7.45. The molecule has 0 radical (unpaired) electrons. The predicted molar refractivity (Wildman–Crippen MR) is 107 cm³/mol. The highest BCUT2D eigenvalue weighted by molar-refractivity contribution is 6.00. The van der Waals surface area contributed by atoms with Gasteiger partial charge in [-0.15, -0.1) is 0 Å². The van der Waals surface area contributed by atoms with Gasteiger partial charge in [-0.1, -0.05) is 0 Å². The van der Waals surface area contributed by atoms with Gasteiger partial charge in [0.15, 0.2) is 6.10 Å². The van der Waals surface area contributed by atoms with E-state index < -0.39 is 23.7 Å². The number of hydrazine groups is 1. The molecule has 0 aliphatic heterocycles. The zero-order chi connectivity index (χ0) is 22.3. The van der Waals surface area contributed by atoms with Gasteiger partial charge in [0, 0.05) is 30.8 Å². The summed E-state index contributed by atoms with van der Waals surface area (Å²) in [5.41, 5.74) is 5.11. The molecule has 2 aromatic rings. The molecule has 2 aromatic carbocycles. The quantitative estimate of drug-likeness (QED) is 0.536. The number of halogens is 1. The van der Waals surface area contributed by atoms with Crippen LogP contribution in [0.4, 0.5) is 15.8 Å². The maximum Gasteiger partial charge on any atom is 0.279 e. The lowest BCUT2D eigenvalue weighted by atomic mass is 10.1. The Hall–Kier alpha value is -3.95. The van der Waals surface area contributed by atoms with Crippen LogP contribution in [-0.2, 0) is 14.4 Å². The van der Waals surface area contributed by atoms with E-state index in [1.54, 1.807) is 0 Å². The highest BCUT2D eigenvalue weighted by Gasteiger charge is 2.17. The Morgan fingerprint density at radius 2 is 1.40 bits per heavy atom. The molecule has 30 heavy (non-hydrogen) atoms. The first-order chi connectivity index (χ1) is 14.1. The number of hydrogen-bond acceptors (Lipinski definition) is 5. The largest absolute Gasteiger partial charge is 0.481 e. The van der Waals surface area contributed by atoms with Crippen LogP contribution in [0.2, 0.25) is 0 Å². The lowest BCUT2D eigenvalue weighted by molar-refractivity contribution is -0.128. The second-order valence-electron chi connectivity index (χ2n) is 6.32. The van der Waals surface area contributed by atoms with Crippen molar-refractivity contribution in [2.75, 3.05) is 10.6 Å². The smallest absolute Gasteiger partial charge is 0.279 e. The van der Waals surface area contributed by atoms with E-state index in [0.717, 1.165) is 0 Å². The molecule has 0 saturated heterocycles. The van der Waals surface area contributed by atoms with Gasteiger partial charge in [-0.3, -0.25) is 30.0 Å². The molecule has 1 atom stereocenters. The SMILES string of the molecule is CC(=O)Nc1cc(NC(C)=O)cc(C(=O)NNC(=O)C(C)Oc2ccc(F)cc2)c1. The van der Waals surface area contributed by atoms with Crippen molar-refractivity contribution in [3.63, 3.8) is 0 Å². The van der Waals surface area contributed by atoms with Gasteiger partial charge in [0.1, 0.15) is 11.6 Å².